The average molecular weight is 446 g/mol. The Morgan fingerprint density at radius 1 is 1.21 bits per heavy atom. The molecule has 1 aromatic carbocycles. The van der Waals surface area contributed by atoms with E-state index < -0.39 is 18.0 Å². The predicted molar refractivity (Wildman–Crippen MR) is 121 cm³/mol. The monoisotopic (exact) mass is 446 g/mol. The Balaban J connectivity index is 1.85. The van der Waals surface area contributed by atoms with Crippen LogP contribution < -0.4 is 5.73 Å². The van der Waals surface area contributed by atoms with Gasteiger partial charge in [0, 0.05) is 40.8 Å². The smallest absolute Gasteiger partial charge is 0.290 e. The first-order valence-corrected chi connectivity index (χ1v) is 10.3. The van der Waals surface area contributed by atoms with Crippen LogP contribution in [0.4, 0.5) is 14.5 Å². The average Bonchev–Trinajstić information content (AvgIpc) is 3.04. The molecule has 166 valence electrons. The van der Waals surface area contributed by atoms with Crippen molar-refractivity contribution in [2.75, 3.05) is 7.05 Å². The van der Waals surface area contributed by atoms with Crippen LogP contribution in [0.15, 0.2) is 55.0 Å². The largest absolute Gasteiger partial charge is 0.359 e. The van der Waals surface area contributed by atoms with Crippen molar-refractivity contribution in [3.63, 3.8) is 0 Å². The molecular formula is C25H22F2N5O+. The molecule has 3 aromatic rings. The van der Waals surface area contributed by atoms with E-state index in [1.807, 2.05) is 0 Å². The summed E-state index contributed by atoms with van der Waals surface area (Å²) in [7, 11) is 1.56. The predicted octanol–water partition coefficient (Wildman–Crippen LogP) is 3.86. The lowest BCUT2D eigenvalue weighted by Gasteiger charge is -2.15. The Morgan fingerprint density at radius 2 is 2.00 bits per heavy atom. The summed E-state index contributed by atoms with van der Waals surface area (Å²) in [5.41, 5.74) is 9.04. The van der Waals surface area contributed by atoms with E-state index in [4.69, 9.17) is 5.73 Å². The summed E-state index contributed by atoms with van der Waals surface area (Å²) < 4.78 is 30.3. The number of hydrogen-bond donors (Lipinski definition) is 1. The summed E-state index contributed by atoms with van der Waals surface area (Å²) in [6.07, 6.45) is 3.32. The van der Waals surface area contributed by atoms with Crippen molar-refractivity contribution in [2.45, 2.75) is 26.1 Å². The fourth-order valence-electron chi connectivity index (χ4n) is 3.81. The van der Waals surface area contributed by atoms with Crippen LogP contribution >= 0.6 is 0 Å². The number of pyridine rings is 2. The molecule has 0 radical (unpaired) electrons. The number of carbonyl (C=O) groups excluding carboxylic acids is 1. The summed E-state index contributed by atoms with van der Waals surface area (Å²) in [5, 5.41) is 0. The van der Waals surface area contributed by atoms with Gasteiger partial charge in [0.2, 0.25) is 6.04 Å². The molecule has 0 aliphatic carbocycles. The van der Waals surface area contributed by atoms with Gasteiger partial charge in [0.05, 0.1) is 12.7 Å². The molecule has 1 amide bonds. The number of aromatic nitrogens is 2. The minimum atomic E-state index is -1.29. The van der Waals surface area contributed by atoms with Gasteiger partial charge in [-0.2, -0.15) is 0 Å². The number of hydrogen-bond acceptors (Lipinski definition) is 4. The SMILES string of the molecule is CC#Cc1cncc(-c2cc([N+]3=C(N)N(C)C(=O)C3c3ccnc(C(C)F)c3)ccc2F)c1. The molecule has 0 saturated heterocycles. The van der Waals surface area contributed by atoms with Crippen LogP contribution in [0.5, 0.6) is 0 Å². The van der Waals surface area contributed by atoms with Gasteiger partial charge >= 0.3 is 11.9 Å². The zero-order chi connectivity index (χ0) is 23.7. The minimum absolute atomic E-state index is 0.179. The third-order valence-corrected chi connectivity index (χ3v) is 5.49. The Kier molecular flexibility index (Phi) is 5.88. The zero-order valence-electron chi connectivity index (χ0n) is 18.4. The fourth-order valence-corrected chi connectivity index (χ4v) is 3.81. The van der Waals surface area contributed by atoms with Gasteiger partial charge in [0.25, 0.3) is 0 Å². The number of nitrogens with two attached hydrogens (primary N) is 1. The molecule has 1 aliphatic heterocycles. The number of carbonyl (C=O) groups is 1. The van der Waals surface area contributed by atoms with E-state index >= 15 is 0 Å². The molecule has 0 saturated carbocycles. The topological polar surface area (TPSA) is 75.1 Å². The Labute approximate surface area is 190 Å². The van der Waals surface area contributed by atoms with Gasteiger partial charge in [0.1, 0.15) is 17.7 Å². The lowest BCUT2D eigenvalue weighted by atomic mass is 10.0. The number of benzene rings is 1. The number of rotatable bonds is 4. The number of likely N-dealkylation sites (N-methyl/N-ethyl adjacent to an activating group) is 1. The highest BCUT2D eigenvalue weighted by Crippen LogP contribution is 2.35. The van der Waals surface area contributed by atoms with Gasteiger partial charge in [-0.1, -0.05) is 5.92 Å². The first-order valence-electron chi connectivity index (χ1n) is 10.3. The molecule has 1 aliphatic rings. The van der Waals surface area contributed by atoms with Crippen LogP contribution in [0.3, 0.4) is 0 Å². The summed E-state index contributed by atoms with van der Waals surface area (Å²) >= 11 is 0. The van der Waals surface area contributed by atoms with Crippen LogP contribution in [0, 0.1) is 17.7 Å². The first kappa shape index (κ1) is 22.1. The summed E-state index contributed by atoms with van der Waals surface area (Å²) in [5.74, 6) is 5.15. The molecule has 8 heteroatoms. The highest BCUT2D eigenvalue weighted by atomic mass is 19.1. The van der Waals surface area contributed by atoms with Crippen molar-refractivity contribution < 1.29 is 18.2 Å². The van der Waals surface area contributed by atoms with Crippen LogP contribution in [-0.2, 0) is 4.79 Å². The van der Waals surface area contributed by atoms with E-state index in [1.165, 1.54) is 24.1 Å². The van der Waals surface area contributed by atoms with Gasteiger partial charge in [0.15, 0.2) is 0 Å². The number of halogens is 2. The highest BCUT2D eigenvalue weighted by Gasteiger charge is 2.44. The van der Waals surface area contributed by atoms with E-state index in [0.717, 1.165) is 0 Å². The van der Waals surface area contributed by atoms with Gasteiger partial charge < -0.3 is 0 Å². The maximum atomic E-state index is 14.8. The third-order valence-electron chi connectivity index (χ3n) is 5.49. The number of amides is 1. The number of alkyl halides is 1. The maximum absolute atomic E-state index is 14.8. The van der Waals surface area contributed by atoms with E-state index in [-0.39, 0.29) is 17.6 Å². The first-order chi connectivity index (χ1) is 15.8. The fraction of sp³-hybridized carbons (Fsp3) is 0.200. The summed E-state index contributed by atoms with van der Waals surface area (Å²) in [6, 6.07) is 8.58. The Bertz CT molecular complexity index is 1340. The summed E-state index contributed by atoms with van der Waals surface area (Å²) in [4.78, 5) is 22.6. The molecule has 2 unspecified atom stereocenters. The zero-order valence-corrected chi connectivity index (χ0v) is 18.4. The van der Waals surface area contributed by atoms with Crippen molar-refractivity contribution >= 4 is 17.6 Å². The number of nitrogens with zero attached hydrogens (tertiary/aromatic N) is 4. The third kappa shape index (κ3) is 4.05. The van der Waals surface area contributed by atoms with Crippen LogP contribution in [0.2, 0.25) is 0 Å². The highest BCUT2D eigenvalue weighted by molar-refractivity contribution is 6.00. The maximum Gasteiger partial charge on any atom is 0.359 e. The van der Waals surface area contributed by atoms with Crippen LogP contribution in [-0.4, -0.2) is 38.4 Å². The van der Waals surface area contributed by atoms with Crippen molar-refractivity contribution in [1.29, 1.82) is 0 Å². The molecule has 0 bridgehead atoms. The molecule has 2 N–H and O–H groups in total. The molecule has 2 atom stereocenters. The minimum Gasteiger partial charge on any atom is -0.290 e. The van der Waals surface area contributed by atoms with Crippen LogP contribution in [0.1, 0.15) is 42.9 Å². The van der Waals surface area contributed by atoms with Gasteiger partial charge in [-0.15, -0.1) is 5.92 Å². The second-order valence-electron chi connectivity index (χ2n) is 7.66. The molecular weight excluding hydrogens is 424 g/mol. The van der Waals surface area contributed by atoms with E-state index in [2.05, 4.69) is 21.8 Å². The van der Waals surface area contributed by atoms with Crippen LogP contribution in [0.25, 0.3) is 11.1 Å². The molecule has 0 spiro atoms. The van der Waals surface area contributed by atoms with E-state index in [0.29, 0.717) is 27.9 Å². The Morgan fingerprint density at radius 3 is 2.73 bits per heavy atom. The molecule has 0 fully saturated rings. The normalized spacial score (nSPS) is 16.6. The lowest BCUT2D eigenvalue weighted by molar-refractivity contribution is -0.470. The second-order valence-corrected chi connectivity index (χ2v) is 7.66. The van der Waals surface area contributed by atoms with Crippen molar-refractivity contribution in [3.05, 3.63) is 77.6 Å². The molecule has 4 rings (SSSR count). The quantitative estimate of drug-likeness (QED) is 0.488. The second kappa shape index (κ2) is 8.79. The van der Waals surface area contributed by atoms with Crippen molar-refractivity contribution in [1.82, 2.24) is 14.9 Å². The van der Waals surface area contributed by atoms with Crippen molar-refractivity contribution in [2.24, 2.45) is 5.73 Å². The molecule has 2 aromatic heterocycles. The lowest BCUT2D eigenvalue weighted by Crippen LogP contribution is -2.35. The van der Waals surface area contributed by atoms with Gasteiger partial charge in [-0.05, 0) is 50.2 Å². The van der Waals surface area contributed by atoms with Gasteiger partial charge in [-0.25, -0.2) is 18.3 Å². The number of guanidine groups is 1. The standard InChI is InChI=1S/C25H21F2N5O/c1-4-5-16-10-18(14-29-13-16)20-12-19(6-7-21(20)27)32-23(24(33)31(3)25(32)28)17-8-9-30-22(11-17)15(2)26/h6-15,23,28H,1-3H3/p+1. The molecule has 3 heterocycles. The summed E-state index contributed by atoms with van der Waals surface area (Å²) in [6.45, 7) is 3.09. The van der Waals surface area contributed by atoms with E-state index in [9.17, 15) is 13.6 Å². The molecule has 6 nitrogen and oxygen atoms in total. The van der Waals surface area contributed by atoms with Crippen molar-refractivity contribution in [3.8, 4) is 23.0 Å². The van der Waals surface area contributed by atoms with Gasteiger partial charge in [-0.3, -0.25) is 20.5 Å². The Hall–Kier alpha value is -4.12. The van der Waals surface area contributed by atoms with E-state index in [1.54, 1.807) is 61.3 Å². The molecule has 33 heavy (non-hydrogen) atoms.